The molecule has 0 saturated carbocycles. The maximum atomic E-state index is 13.4. The van der Waals surface area contributed by atoms with E-state index in [9.17, 15) is 27.5 Å². The van der Waals surface area contributed by atoms with Gasteiger partial charge >= 0.3 is 12.4 Å². The van der Waals surface area contributed by atoms with Gasteiger partial charge in [-0.15, -0.1) is 13.2 Å². The van der Waals surface area contributed by atoms with Crippen LogP contribution in [0, 0.1) is 5.82 Å². The van der Waals surface area contributed by atoms with Gasteiger partial charge in [0.15, 0.2) is 0 Å². The summed E-state index contributed by atoms with van der Waals surface area (Å²) < 4.78 is 53.6. The van der Waals surface area contributed by atoms with E-state index in [1.54, 1.807) is 0 Å². The van der Waals surface area contributed by atoms with Crippen LogP contribution in [0.2, 0.25) is 5.02 Å². The fourth-order valence-electron chi connectivity index (χ4n) is 1.92. The highest BCUT2D eigenvalue weighted by atomic mass is 35.5. The van der Waals surface area contributed by atoms with Gasteiger partial charge in [-0.1, -0.05) is 17.7 Å². The Kier molecular flexibility index (Phi) is 5.70. The van der Waals surface area contributed by atoms with E-state index in [0.29, 0.717) is 16.7 Å². The van der Waals surface area contributed by atoms with Crippen molar-refractivity contribution in [3.63, 3.8) is 0 Å². The van der Waals surface area contributed by atoms with E-state index < -0.39 is 24.0 Å². The molecule has 5 nitrogen and oxygen atoms in total. The molecule has 0 aromatic heterocycles. The van der Waals surface area contributed by atoms with Crippen LogP contribution in [-0.4, -0.2) is 17.5 Å². The number of hydrogen-bond donors (Lipinski definition) is 3. The summed E-state index contributed by atoms with van der Waals surface area (Å²) in [5, 5.41) is 14.0. The molecule has 2 rings (SSSR count). The highest BCUT2D eigenvalue weighted by molar-refractivity contribution is 6.31. The first kappa shape index (κ1) is 18.8. The number of halogens is 5. The Morgan fingerprint density at radius 1 is 1.16 bits per heavy atom. The van der Waals surface area contributed by atoms with Crippen molar-refractivity contribution in [3.8, 4) is 5.75 Å². The third-order valence-corrected chi connectivity index (χ3v) is 3.09. The van der Waals surface area contributed by atoms with Crippen molar-refractivity contribution in [1.82, 2.24) is 0 Å². The van der Waals surface area contributed by atoms with Crippen LogP contribution in [0.3, 0.4) is 0 Å². The normalized spacial score (nSPS) is 11.1. The van der Waals surface area contributed by atoms with Gasteiger partial charge in [0.25, 0.3) is 0 Å². The number of alkyl halides is 3. The fraction of sp³-hybridized carbons (Fsp3) is 0.133. The van der Waals surface area contributed by atoms with E-state index in [4.69, 9.17) is 11.6 Å². The Labute approximate surface area is 144 Å². The van der Waals surface area contributed by atoms with Crippen LogP contribution in [0.4, 0.5) is 33.7 Å². The second-order valence-corrected chi connectivity index (χ2v) is 5.20. The van der Waals surface area contributed by atoms with E-state index >= 15 is 0 Å². The molecule has 0 radical (unpaired) electrons. The van der Waals surface area contributed by atoms with Crippen molar-refractivity contribution < 1.29 is 32.2 Å². The maximum absolute atomic E-state index is 13.4. The SMILES string of the molecule is O=C(Nc1cc(F)cc(OC(F)(F)F)c1)Nc1cc(Cl)ccc1CO. The number of carbonyl (C=O) groups is 1. The van der Waals surface area contributed by atoms with E-state index in [0.717, 1.165) is 12.1 Å². The Balaban J connectivity index is 2.14. The van der Waals surface area contributed by atoms with E-state index in [1.807, 2.05) is 0 Å². The number of ether oxygens (including phenoxy) is 1. The first-order valence-electron chi connectivity index (χ1n) is 6.70. The molecule has 0 aliphatic rings. The van der Waals surface area contributed by atoms with Crippen LogP contribution in [-0.2, 0) is 6.61 Å². The highest BCUT2D eigenvalue weighted by Gasteiger charge is 2.31. The highest BCUT2D eigenvalue weighted by Crippen LogP contribution is 2.27. The lowest BCUT2D eigenvalue weighted by atomic mass is 10.2. The lowest BCUT2D eigenvalue weighted by Crippen LogP contribution is -2.21. The zero-order valence-corrected chi connectivity index (χ0v) is 13.1. The number of aliphatic hydroxyl groups is 1. The van der Waals surface area contributed by atoms with Crippen molar-refractivity contribution in [2.24, 2.45) is 0 Å². The third-order valence-electron chi connectivity index (χ3n) is 2.85. The predicted octanol–water partition coefficient (Wildman–Crippen LogP) is 4.51. The Bertz CT molecular complexity index is 784. The van der Waals surface area contributed by atoms with E-state index in [1.165, 1.54) is 18.2 Å². The summed E-state index contributed by atoms with van der Waals surface area (Å²) >= 11 is 5.79. The fourth-order valence-corrected chi connectivity index (χ4v) is 2.09. The number of carbonyl (C=O) groups excluding carboxylic acids is 1. The average Bonchev–Trinajstić information content (AvgIpc) is 2.44. The van der Waals surface area contributed by atoms with Crippen molar-refractivity contribution in [3.05, 3.63) is 52.8 Å². The van der Waals surface area contributed by atoms with Gasteiger partial charge in [0.05, 0.1) is 6.61 Å². The number of nitrogens with one attached hydrogen (secondary N) is 2. The number of amides is 2. The molecule has 134 valence electrons. The lowest BCUT2D eigenvalue weighted by Gasteiger charge is -2.13. The molecule has 0 fully saturated rings. The molecule has 2 amide bonds. The first-order chi connectivity index (χ1) is 11.7. The van der Waals surface area contributed by atoms with Gasteiger partial charge in [-0.2, -0.15) is 0 Å². The summed E-state index contributed by atoms with van der Waals surface area (Å²) in [5.74, 6) is -1.85. The van der Waals surface area contributed by atoms with Crippen LogP contribution in [0.15, 0.2) is 36.4 Å². The number of urea groups is 1. The van der Waals surface area contributed by atoms with Crippen LogP contribution >= 0.6 is 11.6 Å². The molecule has 3 N–H and O–H groups in total. The third kappa shape index (κ3) is 5.80. The molecule has 0 aliphatic carbocycles. The Hall–Kier alpha value is -2.52. The number of rotatable bonds is 4. The van der Waals surface area contributed by atoms with E-state index in [2.05, 4.69) is 15.4 Å². The summed E-state index contributed by atoms with van der Waals surface area (Å²) in [4.78, 5) is 11.9. The average molecular weight is 379 g/mol. The molecule has 0 atom stereocenters. The standard InChI is InChI=1S/C15H11ClF4N2O3/c16-9-2-1-8(7-23)13(3-9)22-14(24)21-11-4-10(17)5-12(6-11)25-15(18,19)20/h1-6,23H,7H2,(H2,21,22,24). The number of benzene rings is 2. The van der Waals surface area contributed by atoms with Crippen LogP contribution in [0.25, 0.3) is 0 Å². The molecule has 10 heteroatoms. The van der Waals surface area contributed by atoms with E-state index in [-0.39, 0.29) is 18.0 Å². The molecular weight excluding hydrogens is 368 g/mol. The van der Waals surface area contributed by atoms with Crippen molar-refractivity contribution in [2.45, 2.75) is 13.0 Å². The number of anilines is 2. The molecule has 0 unspecified atom stereocenters. The Morgan fingerprint density at radius 3 is 2.52 bits per heavy atom. The van der Waals surface area contributed by atoms with Gasteiger partial charge in [-0.05, 0) is 18.2 Å². The predicted molar refractivity (Wildman–Crippen MR) is 83.1 cm³/mol. The van der Waals surface area contributed by atoms with Crippen LogP contribution < -0.4 is 15.4 Å². The lowest BCUT2D eigenvalue weighted by molar-refractivity contribution is -0.274. The quantitative estimate of drug-likeness (QED) is 0.685. The maximum Gasteiger partial charge on any atom is 0.573 e. The summed E-state index contributed by atoms with van der Waals surface area (Å²) in [6.45, 7) is -0.379. The summed E-state index contributed by atoms with van der Waals surface area (Å²) in [5.41, 5.74) is 0.292. The minimum absolute atomic E-state index is 0.190. The topological polar surface area (TPSA) is 70.6 Å². The molecule has 0 bridgehead atoms. The largest absolute Gasteiger partial charge is 0.573 e. The van der Waals surface area contributed by atoms with Crippen LogP contribution in [0.5, 0.6) is 5.75 Å². The van der Waals surface area contributed by atoms with Crippen molar-refractivity contribution in [2.75, 3.05) is 10.6 Å². The van der Waals surface area contributed by atoms with Crippen molar-refractivity contribution in [1.29, 1.82) is 0 Å². The molecule has 0 heterocycles. The molecule has 25 heavy (non-hydrogen) atoms. The monoisotopic (exact) mass is 378 g/mol. The zero-order chi connectivity index (χ0) is 18.6. The number of hydrogen-bond acceptors (Lipinski definition) is 3. The van der Waals surface area contributed by atoms with Gasteiger partial charge in [0.2, 0.25) is 0 Å². The van der Waals surface area contributed by atoms with Gasteiger partial charge in [-0.25, -0.2) is 9.18 Å². The number of aliphatic hydroxyl groups excluding tert-OH is 1. The first-order valence-corrected chi connectivity index (χ1v) is 7.08. The van der Waals surface area contributed by atoms with Gasteiger partial charge in [0.1, 0.15) is 11.6 Å². The summed E-state index contributed by atoms with van der Waals surface area (Å²) in [6.07, 6.45) is -5.00. The minimum atomic E-state index is -5.00. The van der Waals surface area contributed by atoms with Crippen LogP contribution in [0.1, 0.15) is 5.56 Å². The summed E-state index contributed by atoms with van der Waals surface area (Å²) in [6, 6.07) is 5.63. The second kappa shape index (κ2) is 7.58. The molecule has 0 aliphatic heterocycles. The molecule has 0 spiro atoms. The van der Waals surface area contributed by atoms with Gasteiger partial charge in [0, 0.05) is 34.1 Å². The molecule has 0 saturated heterocycles. The molecular formula is C15H11ClF4N2O3. The van der Waals surface area contributed by atoms with Gasteiger partial charge < -0.3 is 20.5 Å². The van der Waals surface area contributed by atoms with Gasteiger partial charge in [-0.3, -0.25) is 0 Å². The smallest absolute Gasteiger partial charge is 0.406 e. The second-order valence-electron chi connectivity index (χ2n) is 4.76. The molecule has 2 aromatic rings. The van der Waals surface area contributed by atoms with Crippen molar-refractivity contribution >= 4 is 29.0 Å². The Morgan fingerprint density at radius 2 is 1.88 bits per heavy atom. The minimum Gasteiger partial charge on any atom is -0.406 e. The molecule has 2 aromatic carbocycles. The zero-order valence-electron chi connectivity index (χ0n) is 12.3. The summed E-state index contributed by atoms with van der Waals surface area (Å²) in [7, 11) is 0.